The number of anilines is 1. The molecule has 0 bridgehead atoms. The molecule has 0 spiro atoms. The van der Waals surface area contributed by atoms with Gasteiger partial charge in [-0.25, -0.2) is 4.79 Å². The van der Waals surface area contributed by atoms with E-state index >= 15 is 0 Å². The molecule has 2 aliphatic rings. The van der Waals surface area contributed by atoms with Gasteiger partial charge in [-0.2, -0.15) is 0 Å². The minimum atomic E-state index is -0.361. The first-order valence-corrected chi connectivity index (χ1v) is 7.55. The van der Waals surface area contributed by atoms with Crippen molar-refractivity contribution >= 4 is 17.7 Å². The van der Waals surface area contributed by atoms with Crippen LogP contribution in [0.5, 0.6) is 0 Å². The van der Waals surface area contributed by atoms with Crippen LogP contribution in [0.25, 0.3) is 0 Å². The smallest absolute Gasteiger partial charge is 0.414 e. The lowest BCUT2D eigenvalue weighted by Gasteiger charge is -2.15. The van der Waals surface area contributed by atoms with Gasteiger partial charge in [0.05, 0.1) is 19.7 Å². The van der Waals surface area contributed by atoms with Crippen molar-refractivity contribution in [3.05, 3.63) is 29.3 Å². The molecule has 118 valence electrons. The van der Waals surface area contributed by atoms with Crippen molar-refractivity contribution < 1.29 is 19.1 Å². The van der Waals surface area contributed by atoms with Crippen molar-refractivity contribution in [2.75, 3.05) is 24.6 Å². The van der Waals surface area contributed by atoms with Crippen molar-refractivity contribution in [1.29, 1.82) is 0 Å². The highest BCUT2D eigenvalue weighted by Crippen LogP contribution is 2.26. The van der Waals surface area contributed by atoms with Crippen molar-refractivity contribution in [3.63, 3.8) is 0 Å². The molecule has 0 aliphatic carbocycles. The summed E-state index contributed by atoms with van der Waals surface area (Å²) in [5.41, 5.74) is 3.26. The summed E-state index contributed by atoms with van der Waals surface area (Å²) >= 11 is 0. The number of cyclic esters (lactones) is 1. The number of ether oxygens (including phenoxy) is 2. The van der Waals surface area contributed by atoms with Crippen molar-refractivity contribution in [2.24, 2.45) is 0 Å². The molecule has 1 fully saturated rings. The summed E-state index contributed by atoms with van der Waals surface area (Å²) in [6.07, 6.45) is 1.28. The predicted octanol–water partition coefficient (Wildman–Crippen LogP) is 1.61. The van der Waals surface area contributed by atoms with E-state index < -0.39 is 0 Å². The molecule has 2 heterocycles. The molecule has 0 aromatic heterocycles. The second kappa shape index (κ2) is 6.36. The largest absolute Gasteiger partial charge is 0.442 e. The van der Waals surface area contributed by atoms with Crippen LogP contribution < -0.4 is 10.2 Å². The maximum Gasteiger partial charge on any atom is 0.414 e. The molecule has 1 atom stereocenters. The minimum absolute atomic E-state index is 0.125. The van der Waals surface area contributed by atoms with Crippen LogP contribution in [0.4, 0.5) is 10.5 Å². The molecule has 1 aromatic carbocycles. The number of nitrogens with zero attached hydrogens (tertiary/aromatic N) is 1. The molecule has 1 aromatic rings. The van der Waals surface area contributed by atoms with Crippen LogP contribution in [0.2, 0.25) is 0 Å². The van der Waals surface area contributed by atoms with E-state index in [2.05, 4.69) is 5.32 Å². The number of hydrogen-bond acceptors (Lipinski definition) is 4. The summed E-state index contributed by atoms with van der Waals surface area (Å²) in [4.78, 5) is 24.6. The molecule has 2 amide bonds. The average Bonchev–Trinajstić information content (AvgIpc) is 2.71. The molecular formula is C16H20N2O4. The zero-order valence-electron chi connectivity index (χ0n) is 12.6. The first-order chi connectivity index (χ1) is 10.6. The summed E-state index contributed by atoms with van der Waals surface area (Å²) < 4.78 is 10.8. The van der Waals surface area contributed by atoms with Crippen LogP contribution >= 0.6 is 0 Å². The highest BCUT2D eigenvalue weighted by atomic mass is 16.6. The van der Waals surface area contributed by atoms with Gasteiger partial charge in [-0.3, -0.25) is 9.69 Å². The van der Waals surface area contributed by atoms with Gasteiger partial charge in [-0.05, 0) is 36.1 Å². The summed E-state index contributed by atoms with van der Waals surface area (Å²) in [5, 5.41) is 2.68. The summed E-state index contributed by atoms with van der Waals surface area (Å²) in [5.74, 6) is -0.125. The summed E-state index contributed by atoms with van der Waals surface area (Å²) in [7, 11) is 0. The first-order valence-electron chi connectivity index (χ1n) is 7.55. The Morgan fingerprint density at radius 2 is 2.27 bits per heavy atom. The van der Waals surface area contributed by atoms with Gasteiger partial charge < -0.3 is 14.8 Å². The lowest BCUT2D eigenvalue weighted by molar-refractivity contribution is -0.119. The van der Waals surface area contributed by atoms with Crippen LogP contribution in [-0.4, -0.2) is 37.8 Å². The van der Waals surface area contributed by atoms with Gasteiger partial charge in [0.25, 0.3) is 0 Å². The average molecular weight is 304 g/mol. The third-order valence-electron chi connectivity index (χ3n) is 3.95. The highest BCUT2D eigenvalue weighted by Gasteiger charge is 2.32. The van der Waals surface area contributed by atoms with E-state index in [-0.39, 0.29) is 18.1 Å². The van der Waals surface area contributed by atoms with Crippen LogP contribution in [0.1, 0.15) is 24.5 Å². The second-order valence-corrected chi connectivity index (χ2v) is 5.66. The lowest BCUT2D eigenvalue weighted by Crippen LogP contribution is -2.33. The predicted molar refractivity (Wildman–Crippen MR) is 80.7 cm³/mol. The molecule has 1 saturated heterocycles. The Balaban J connectivity index is 1.72. The first kappa shape index (κ1) is 14.8. The number of aryl methyl sites for hydroxylation is 1. The molecule has 6 heteroatoms. The maximum atomic E-state index is 12.0. The zero-order chi connectivity index (χ0) is 15.5. The van der Waals surface area contributed by atoms with Gasteiger partial charge in [0.1, 0.15) is 6.10 Å². The monoisotopic (exact) mass is 304 g/mol. The van der Waals surface area contributed by atoms with E-state index in [0.717, 1.165) is 25.1 Å². The highest BCUT2D eigenvalue weighted by molar-refractivity contribution is 5.90. The van der Waals surface area contributed by atoms with Crippen molar-refractivity contribution in [3.8, 4) is 0 Å². The lowest BCUT2D eigenvalue weighted by atomic mass is 10.0. The quantitative estimate of drug-likeness (QED) is 0.921. The van der Waals surface area contributed by atoms with E-state index in [1.165, 1.54) is 18.1 Å². The van der Waals surface area contributed by atoms with Crippen LogP contribution in [0.15, 0.2) is 18.2 Å². The summed E-state index contributed by atoms with van der Waals surface area (Å²) in [6.45, 7) is 3.65. The maximum absolute atomic E-state index is 12.0. The number of amides is 2. The molecule has 1 N–H and O–H groups in total. The van der Waals surface area contributed by atoms with Gasteiger partial charge in [-0.15, -0.1) is 0 Å². The van der Waals surface area contributed by atoms with Gasteiger partial charge >= 0.3 is 6.09 Å². The number of rotatable bonds is 3. The van der Waals surface area contributed by atoms with Crippen LogP contribution in [0.3, 0.4) is 0 Å². The normalized spacial score (nSPS) is 21.0. The Kier molecular flexibility index (Phi) is 4.29. The number of benzene rings is 1. The van der Waals surface area contributed by atoms with Crippen molar-refractivity contribution in [1.82, 2.24) is 5.32 Å². The van der Waals surface area contributed by atoms with E-state index in [4.69, 9.17) is 9.47 Å². The Bertz CT molecular complexity index is 588. The molecule has 22 heavy (non-hydrogen) atoms. The van der Waals surface area contributed by atoms with Crippen molar-refractivity contribution in [2.45, 2.75) is 32.5 Å². The number of carbonyl (C=O) groups excluding carboxylic acids is 2. The molecule has 3 rings (SSSR count). The van der Waals surface area contributed by atoms with Gasteiger partial charge in [0.15, 0.2) is 0 Å². The second-order valence-electron chi connectivity index (χ2n) is 5.66. The Morgan fingerprint density at radius 3 is 3.09 bits per heavy atom. The molecular weight excluding hydrogens is 284 g/mol. The van der Waals surface area contributed by atoms with Gasteiger partial charge in [0, 0.05) is 19.2 Å². The number of nitrogens with one attached hydrogen (secondary N) is 1. The fraction of sp³-hybridized carbons (Fsp3) is 0.500. The van der Waals surface area contributed by atoms with Crippen LogP contribution in [-0.2, 0) is 27.3 Å². The Labute approximate surface area is 129 Å². The fourth-order valence-corrected chi connectivity index (χ4v) is 2.80. The van der Waals surface area contributed by atoms with E-state index in [0.29, 0.717) is 19.7 Å². The Morgan fingerprint density at radius 1 is 1.41 bits per heavy atom. The van der Waals surface area contributed by atoms with E-state index in [1.54, 1.807) is 4.90 Å². The van der Waals surface area contributed by atoms with Crippen LogP contribution in [0, 0.1) is 0 Å². The zero-order valence-corrected chi connectivity index (χ0v) is 12.6. The molecule has 6 nitrogen and oxygen atoms in total. The third-order valence-corrected chi connectivity index (χ3v) is 3.95. The minimum Gasteiger partial charge on any atom is -0.442 e. The number of hydrogen-bond donors (Lipinski definition) is 1. The third kappa shape index (κ3) is 3.22. The number of fused-ring (bicyclic) bond motifs is 1. The molecule has 0 radical (unpaired) electrons. The fourth-order valence-electron chi connectivity index (χ4n) is 2.80. The molecule has 2 aliphatic heterocycles. The van der Waals surface area contributed by atoms with E-state index in [9.17, 15) is 9.59 Å². The summed E-state index contributed by atoms with van der Waals surface area (Å²) in [6, 6.07) is 5.99. The topological polar surface area (TPSA) is 67.9 Å². The molecule has 0 unspecified atom stereocenters. The number of carbonyl (C=O) groups is 2. The van der Waals surface area contributed by atoms with Gasteiger partial charge in [0.2, 0.25) is 5.91 Å². The Hall–Kier alpha value is -2.08. The van der Waals surface area contributed by atoms with Gasteiger partial charge in [-0.1, -0.05) is 6.07 Å². The standard InChI is InChI=1S/C16H20N2O4/c1-11(19)17-8-15-9-18(16(20)22-15)14-5-4-13-10-21-6-2-3-12(13)7-14/h4-5,7,15H,2-3,6,8-10H2,1H3,(H,17,19)/t15-/m0/s1. The van der Waals surface area contributed by atoms with E-state index in [1.807, 2.05) is 18.2 Å². The molecule has 0 saturated carbocycles. The SMILES string of the molecule is CC(=O)NC[C@H]1CN(c2ccc3c(c2)CCCOC3)C(=O)O1.